The molecule has 40 heavy (non-hydrogen) atoms. The van der Waals surface area contributed by atoms with Crippen LogP contribution < -0.4 is 0 Å². The molecule has 0 aliphatic carbocycles. The number of rotatable bonds is 9. The molecule has 2 aromatic carbocycles. The number of hydrogen-bond donors (Lipinski definition) is 1. The van der Waals surface area contributed by atoms with Gasteiger partial charge in [0.25, 0.3) is 10.0 Å². The first-order valence-corrected chi connectivity index (χ1v) is 14.5. The van der Waals surface area contributed by atoms with Crippen LogP contribution in [0.5, 0.6) is 0 Å². The summed E-state index contributed by atoms with van der Waals surface area (Å²) in [7, 11) is -4.34. The van der Waals surface area contributed by atoms with E-state index >= 15 is 0 Å². The fourth-order valence-corrected chi connectivity index (χ4v) is 6.72. The molecule has 2 heterocycles. The van der Waals surface area contributed by atoms with Crippen molar-refractivity contribution in [2.45, 2.75) is 39.0 Å². The van der Waals surface area contributed by atoms with Gasteiger partial charge in [0.2, 0.25) is 0 Å². The molecule has 1 N–H and O–H groups in total. The third-order valence-electron chi connectivity index (χ3n) is 6.30. The number of hydrogen-bond acceptors (Lipinski definition) is 6. The summed E-state index contributed by atoms with van der Waals surface area (Å²) in [6.07, 6.45) is 4.25. The van der Waals surface area contributed by atoms with Crippen molar-refractivity contribution in [2.24, 2.45) is 5.41 Å². The molecule has 0 bridgehead atoms. The lowest BCUT2D eigenvalue weighted by Crippen LogP contribution is -2.23. The Morgan fingerprint density at radius 3 is 2.38 bits per heavy atom. The first-order valence-electron chi connectivity index (χ1n) is 12.3. The number of carbonyl (C=O) groups excluding carboxylic acids is 1. The van der Waals surface area contributed by atoms with Gasteiger partial charge >= 0.3 is 11.9 Å². The van der Waals surface area contributed by atoms with Gasteiger partial charge in [-0.05, 0) is 61.6 Å². The van der Waals surface area contributed by atoms with Crippen LogP contribution in [0, 0.1) is 12.3 Å². The minimum absolute atomic E-state index is 0.00812. The van der Waals surface area contributed by atoms with Crippen LogP contribution in [0.3, 0.4) is 0 Å². The summed E-state index contributed by atoms with van der Waals surface area (Å²) in [6, 6.07) is 10.6. The van der Waals surface area contributed by atoms with Gasteiger partial charge in [-0.3, -0.25) is 0 Å². The van der Waals surface area contributed by atoms with Gasteiger partial charge in [-0.25, -0.2) is 22.0 Å². The lowest BCUT2D eigenvalue weighted by molar-refractivity contribution is -0.130. The van der Waals surface area contributed by atoms with Crippen molar-refractivity contribution in [2.75, 3.05) is 6.61 Å². The van der Waals surface area contributed by atoms with Crippen LogP contribution in [-0.2, 0) is 26.0 Å². The van der Waals surface area contributed by atoms with Gasteiger partial charge in [0.15, 0.2) is 0 Å². The first-order chi connectivity index (χ1) is 18.8. The van der Waals surface area contributed by atoms with E-state index in [4.69, 9.17) is 32.4 Å². The Morgan fingerprint density at radius 2 is 1.80 bits per heavy atom. The smallest absolute Gasteiger partial charge is 0.356 e. The largest absolute Gasteiger partial charge is 0.478 e. The standard InChI is InChI=1S/C29H27Cl2NO7S/c1-5-39-28(35)26-22(15-29(3,4)14-21(27(33)34)18-10-11-38-16-18)25-23(31)12-19(30)13-24(25)32(26)40(36,37)20-8-6-17(2)7-9-20/h6-14,16H,5,15H2,1-4H3,(H,33,34)/b21-14-. The Hall–Kier alpha value is -3.53. The van der Waals surface area contributed by atoms with Crippen LogP contribution >= 0.6 is 23.2 Å². The van der Waals surface area contributed by atoms with Crippen molar-refractivity contribution in [1.82, 2.24) is 3.97 Å². The number of nitrogens with zero attached hydrogens (tertiary/aromatic N) is 1. The zero-order valence-electron chi connectivity index (χ0n) is 22.2. The van der Waals surface area contributed by atoms with Crippen molar-refractivity contribution < 1.29 is 32.3 Å². The minimum Gasteiger partial charge on any atom is -0.478 e. The topological polar surface area (TPSA) is 116 Å². The van der Waals surface area contributed by atoms with E-state index in [2.05, 4.69) is 0 Å². The second-order valence-corrected chi connectivity index (χ2v) is 12.6. The zero-order chi connectivity index (χ0) is 29.4. The molecular formula is C29H27Cl2NO7S. The second kappa shape index (κ2) is 11.2. The molecule has 0 saturated heterocycles. The van der Waals surface area contributed by atoms with Crippen molar-refractivity contribution in [3.8, 4) is 0 Å². The molecule has 0 aliphatic rings. The molecule has 0 unspecified atom stereocenters. The summed E-state index contributed by atoms with van der Waals surface area (Å²) < 4.78 is 39.5. The van der Waals surface area contributed by atoms with Crippen LogP contribution in [0.2, 0.25) is 10.0 Å². The molecule has 210 valence electrons. The van der Waals surface area contributed by atoms with Gasteiger partial charge in [0.1, 0.15) is 5.69 Å². The van der Waals surface area contributed by atoms with Crippen LogP contribution in [-0.4, -0.2) is 36.0 Å². The molecule has 2 aromatic heterocycles. The Balaban J connectivity index is 2.05. The number of esters is 1. The molecule has 8 nitrogen and oxygen atoms in total. The molecular weight excluding hydrogens is 577 g/mol. The molecule has 0 atom stereocenters. The number of benzene rings is 2. The van der Waals surface area contributed by atoms with Gasteiger partial charge in [0, 0.05) is 16.0 Å². The number of furan rings is 1. The molecule has 0 spiro atoms. The maximum Gasteiger partial charge on any atom is 0.356 e. The van der Waals surface area contributed by atoms with Crippen molar-refractivity contribution in [1.29, 1.82) is 0 Å². The summed E-state index contributed by atoms with van der Waals surface area (Å²) in [5, 5.41) is 10.5. The van der Waals surface area contributed by atoms with Gasteiger partial charge in [0.05, 0.1) is 40.1 Å². The van der Waals surface area contributed by atoms with Crippen molar-refractivity contribution in [3.05, 3.63) is 93.5 Å². The quantitative estimate of drug-likeness (QED) is 0.162. The van der Waals surface area contributed by atoms with Crippen LogP contribution in [0.4, 0.5) is 0 Å². The molecule has 0 amide bonds. The average molecular weight is 605 g/mol. The number of allylic oxidation sites excluding steroid dienone is 1. The third kappa shape index (κ3) is 5.68. The van der Waals surface area contributed by atoms with E-state index in [1.165, 1.54) is 48.9 Å². The Labute approximate surface area is 241 Å². The van der Waals surface area contributed by atoms with Crippen LogP contribution in [0.25, 0.3) is 16.5 Å². The summed E-state index contributed by atoms with van der Waals surface area (Å²) in [5.41, 5.74) is 0.439. The predicted octanol–water partition coefficient (Wildman–Crippen LogP) is 7.00. The number of aliphatic carboxylic acids is 1. The molecule has 4 aromatic rings. The number of ether oxygens (including phenoxy) is 1. The van der Waals surface area contributed by atoms with Gasteiger partial charge in [-0.15, -0.1) is 0 Å². The third-order valence-corrected chi connectivity index (χ3v) is 8.55. The number of carboxylic acid groups (broad SMARTS) is 1. The minimum atomic E-state index is -4.34. The monoisotopic (exact) mass is 603 g/mol. The number of carbonyl (C=O) groups is 2. The molecule has 0 aliphatic heterocycles. The second-order valence-electron chi connectivity index (χ2n) is 9.95. The lowest BCUT2D eigenvalue weighted by Gasteiger charge is -2.22. The van der Waals surface area contributed by atoms with Gasteiger partial charge in [-0.2, -0.15) is 0 Å². The molecule has 0 fully saturated rings. The SMILES string of the molecule is CCOC(=O)c1c(CC(C)(C)/C=C(\C(=O)O)c2ccoc2)c2c(Cl)cc(Cl)cc2n1S(=O)(=O)c1ccc(C)cc1. The summed E-state index contributed by atoms with van der Waals surface area (Å²) in [6.45, 7) is 6.97. The number of aromatic nitrogens is 1. The van der Waals surface area contributed by atoms with Crippen molar-refractivity contribution >= 4 is 61.6 Å². The molecule has 11 heteroatoms. The van der Waals surface area contributed by atoms with Crippen LogP contribution in [0.15, 0.2) is 70.4 Å². The lowest BCUT2D eigenvalue weighted by atomic mass is 9.82. The van der Waals surface area contributed by atoms with Crippen LogP contribution in [0.1, 0.15) is 48.0 Å². The van der Waals surface area contributed by atoms with E-state index in [0.717, 1.165) is 9.54 Å². The number of fused-ring (bicyclic) bond motifs is 1. The van der Waals surface area contributed by atoms with E-state index in [1.807, 2.05) is 6.92 Å². The maximum atomic E-state index is 14.1. The van der Waals surface area contributed by atoms with Gasteiger partial charge < -0.3 is 14.3 Å². The van der Waals surface area contributed by atoms with E-state index in [-0.39, 0.29) is 50.3 Å². The summed E-state index contributed by atoms with van der Waals surface area (Å²) >= 11 is 13.0. The van der Waals surface area contributed by atoms with E-state index in [0.29, 0.717) is 10.9 Å². The Bertz CT molecular complexity index is 1730. The molecule has 0 radical (unpaired) electrons. The fraction of sp³-hybridized carbons (Fsp3) is 0.241. The molecule has 0 saturated carbocycles. The normalized spacial score (nSPS) is 12.6. The Morgan fingerprint density at radius 1 is 1.12 bits per heavy atom. The van der Waals surface area contributed by atoms with E-state index in [9.17, 15) is 23.1 Å². The summed E-state index contributed by atoms with van der Waals surface area (Å²) in [5.74, 6) is -2.04. The highest BCUT2D eigenvalue weighted by Gasteiger charge is 2.35. The highest BCUT2D eigenvalue weighted by atomic mass is 35.5. The first kappa shape index (κ1) is 29.5. The number of aryl methyl sites for hydroxylation is 1. The highest BCUT2D eigenvalue weighted by Crippen LogP contribution is 2.41. The van der Waals surface area contributed by atoms with Crippen molar-refractivity contribution in [3.63, 3.8) is 0 Å². The summed E-state index contributed by atoms with van der Waals surface area (Å²) in [4.78, 5) is 25.5. The average Bonchev–Trinajstić information content (AvgIpc) is 3.49. The highest BCUT2D eigenvalue weighted by molar-refractivity contribution is 7.90. The zero-order valence-corrected chi connectivity index (χ0v) is 24.5. The number of carboxylic acids is 1. The van der Waals surface area contributed by atoms with Gasteiger partial charge in [-0.1, -0.05) is 60.8 Å². The maximum absolute atomic E-state index is 14.1. The van der Waals surface area contributed by atoms with E-state index in [1.54, 1.807) is 32.9 Å². The number of halogens is 2. The predicted molar refractivity (Wildman–Crippen MR) is 153 cm³/mol. The fourth-order valence-electron chi connectivity index (χ4n) is 4.61. The Kier molecular flexibility index (Phi) is 8.21. The molecule has 4 rings (SSSR count). The van der Waals surface area contributed by atoms with E-state index < -0.39 is 27.4 Å².